The van der Waals surface area contributed by atoms with Crippen LogP contribution >= 0.6 is 0 Å². The fourth-order valence-corrected chi connectivity index (χ4v) is 1.94. The Bertz CT molecular complexity index is 476. The second-order valence-electron chi connectivity index (χ2n) is 5.13. The number of carbonyl (C=O) groups excluding carboxylic acids is 1. The molecule has 0 fully saturated rings. The third-order valence-electron chi connectivity index (χ3n) is 3.50. The van der Waals surface area contributed by atoms with E-state index in [0.29, 0.717) is 19.1 Å². The van der Waals surface area contributed by atoms with Crippen molar-refractivity contribution in [2.75, 3.05) is 20.4 Å². The molecule has 110 valence electrons. The minimum Gasteiger partial charge on any atom is -0.454 e. The van der Waals surface area contributed by atoms with Crippen molar-refractivity contribution < 1.29 is 14.3 Å². The zero-order valence-electron chi connectivity index (χ0n) is 12.3. The number of likely N-dealkylation sites (N-methyl/N-ethyl adjacent to an activating group) is 1. The van der Waals surface area contributed by atoms with Crippen LogP contribution in [0.2, 0.25) is 0 Å². The summed E-state index contributed by atoms with van der Waals surface area (Å²) in [4.78, 5) is 13.7. The van der Waals surface area contributed by atoms with Crippen LogP contribution in [0, 0.1) is 0 Å². The van der Waals surface area contributed by atoms with Crippen molar-refractivity contribution in [3.63, 3.8) is 0 Å². The predicted molar refractivity (Wildman–Crippen MR) is 76.8 cm³/mol. The van der Waals surface area contributed by atoms with Gasteiger partial charge in [-0.25, -0.2) is 0 Å². The van der Waals surface area contributed by atoms with Crippen LogP contribution in [0.15, 0.2) is 18.2 Å². The molecule has 5 heteroatoms. The summed E-state index contributed by atoms with van der Waals surface area (Å²) >= 11 is 0. The Labute approximate surface area is 119 Å². The van der Waals surface area contributed by atoms with Gasteiger partial charge >= 0.3 is 0 Å². The number of carbonyl (C=O) groups is 1. The van der Waals surface area contributed by atoms with Crippen LogP contribution in [0.5, 0.6) is 11.5 Å². The number of benzene rings is 1. The van der Waals surface area contributed by atoms with E-state index in [1.54, 1.807) is 4.90 Å². The molecule has 1 aromatic carbocycles. The van der Waals surface area contributed by atoms with E-state index in [1.165, 1.54) is 0 Å². The van der Waals surface area contributed by atoms with Gasteiger partial charge in [0, 0.05) is 19.6 Å². The van der Waals surface area contributed by atoms with Gasteiger partial charge in [0.15, 0.2) is 11.5 Å². The van der Waals surface area contributed by atoms with Gasteiger partial charge in [-0.3, -0.25) is 4.79 Å². The largest absolute Gasteiger partial charge is 0.454 e. The van der Waals surface area contributed by atoms with Crippen molar-refractivity contribution >= 4 is 5.91 Å². The van der Waals surface area contributed by atoms with Crippen LogP contribution in [-0.4, -0.2) is 37.2 Å². The number of nitrogens with one attached hydrogen (secondary N) is 1. The van der Waals surface area contributed by atoms with Crippen molar-refractivity contribution in [3.05, 3.63) is 23.8 Å². The number of rotatable bonds is 6. The number of amides is 1. The molecule has 0 saturated carbocycles. The second kappa shape index (κ2) is 6.61. The van der Waals surface area contributed by atoms with Gasteiger partial charge in [-0.15, -0.1) is 0 Å². The molecule has 5 nitrogen and oxygen atoms in total. The smallest absolute Gasteiger partial charge is 0.236 e. The van der Waals surface area contributed by atoms with Crippen LogP contribution < -0.4 is 14.8 Å². The first-order valence-electron chi connectivity index (χ1n) is 6.96. The summed E-state index contributed by atoms with van der Waals surface area (Å²) in [5.74, 6) is 1.60. The van der Waals surface area contributed by atoms with Crippen molar-refractivity contribution in [3.8, 4) is 11.5 Å². The van der Waals surface area contributed by atoms with E-state index >= 15 is 0 Å². The molecule has 1 N–H and O–H groups in total. The van der Waals surface area contributed by atoms with Crippen LogP contribution in [-0.2, 0) is 11.3 Å². The molecule has 1 unspecified atom stereocenters. The summed E-state index contributed by atoms with van der Waals surface area (Å²) in [6.45, 7) is 5.38. The maximum atomic E-state index is 12.0. The molecule has 0 aliphatic carbocycles. The van der Waals surface area contributed by atoms with E-state index in [4.69, 9.17) is 9.47 Å². The Balaban J connectivity index is 1.87. The maximum absolute atomic E-state index is 12.0. The van der Waals surface area contributed by atoms with E-state index in [-0.39, 0.29) is 12.7 Å². The number of hydrogen-bond donors (Lipinski definition) is 1. The number of hydrogen-bond acceptors (Lipinski definition) is 4. The molecular formula is C15H22N2O3. The molecule has 1 heterocycles. The van der Waals surface area contributed by atoms with E-state index in [2.05, 4.69) is 19.2 Å². The molecule has 0 spiro atoms. The summed E-state index contributed by atoms with van der Waals surface area (Å²) in [6, 6.07) is 6.12. The summed E-state index contributed by atoms with van der Waals surface area (Å²) in [6.07, 6.45) is 1.01. The zero-order valence-corrected chi connectivity index (χ0v) is 12.3. The lowest BCUT2D eigenvalue weighted by molar-refractivity contribution is -0.129. The first-order chi connectivity index (χ1) is 9.60. The number of ether oxygens (including phenoxy) is 2. The second-order valence-corrected chi connectivity index (χ2v) is 5.13. The highest BCUT2D eigenvalue weighted by molar-refractivity contribution is 5.78. The predicted octanol–water partition coefficient (Wildman–Crippen LogP) is 1.76. The van der Waals surface area contributed by atoms with Gasteiger partial charge in [-0.1, -0.05) is 13.0 Å². The molecule has 1 aliphatic heterocycles. The van der Waals surface area contributed by atoms with E-state index in [0.717, 1.165) is 23.5 Å². The van der Waals surface area contributed by atoms with Gasteiger partial charge in [-0.2, -0.15) is 0 Å². The van der Waals surface area contributed by atoms with E-state index in [9.17, 15) is 4.79 Å². The molecule has 1 aromatic rings. The van der Waals surface area contributed by atoms with E-state index < -0.39 is 0 Å². The molecule has 20 heavy (non-hydrogen) atoms. The molecular weight excluding hydrogens is 256 g/mol. The lowest BCUT2D eigenvalue weighted by Crippen LogP contribution is -2.38. The summed E-state index contributed by atoms with van der Waals surface area (Å²) in [5.41, 5.74) is 1.04. The Morgan fingerprint density at radius 3 is 2.90 bits per heavy atom. The van der Waals surface area contributed by atoms with Gasteiger partial charge in [0.05, 0.1) is 6.54 Å². The lowest BCUT2D eigenvalue weighted by Gasteiger charge is -2.19. The highest BCUT2D eigenvalue weighted by Gasteiger charge is 2.15. The van der Waals surface area contributed by atoms with Gasteiger partial charge in [0.2, 0.25) is 12.7 Å². The van der Waals surface area contributed by atoms with Gasteiger partial charge < -0.3 is 19.7 Å². The summed E-state index contributed by atoms with van der Waals surface area (Å²) < 4.78 is 10.6. The Morgan fingerprint density at radius 1 is 1.40 bits per heavy atom. The normalized spacial score (nSPS) is 14.2. The van der Waals surface area contributed by atoms with Crippen molar-refractivity contribution in [1.82, 2.24) is 10.2 Å². The standard InChI is InChI=1S/C15H22N2O3/c1-4-11(2)16-8-15(18)17(3)9-12-5-6-13-14(7-12)20-10-19-13/h5-7,11,16H,4,8-10H2,1-3H3. The molecule has 1 amide bonds. The molecule has 0 aromatic heterocycles. The summed E-state index contributed by atoms with van der Waals surface area (Å²) in [7, 11) is 1.81. The van der Waals surface area contributed by atoms with Crippen LogP contribution in [0.1, 0.15) is 25.8 Å². The third kappa shape index (κ3) is 3.63. The molecule has 0 saturated heterocycles. The fourth-order valence-electron chi connectivity index (χ4n) is 1.94. The monoisotopic (exact) mass is 278 g/mol. The Morgan fingerprint density at radius 2 is 2.15 bits per heavy atom. The highest BCUT2D eigenvalue weighted by Crippen LogP contribution is 2.32. The van der Waals surface area contributed by atoms with Crippen molar-refractivity contribution in [1.29, 1.82) is 0 Å². The molecule has 0 bridgehead atoms. The van der Waals surface area contributed by atoms with Crippen molar-refractivity contribution in [2.24, 2.45) is 0 Å². The molecule has 0 radical (unpaired) electrons. The van der Waals surface area contributed by atoms with Crippen LogP contribution in [0.4, 0.5) is 0 Å². The minimum absolute atomic E-state index is 0.0861. The van der Waals surface area contributed by atoms with Gasteiger partial charge in [-0.05, 0) is 31.0 Å². The van der Waals surface area contributed by atoms with Crippen molar-refractivity contribution in [2.45, 2.75) is 32.9 Å². The average molecular weight is 278 g/mol. The van der Waals surface area contributed by atoms with Gasteiger partial charge in [0.25, 0.3) is 0 Å². The fraction of sp³-hybridized carbons (Fsp3) is 0.533. The summed E-state index contributed by atoms with van der Waals surface area (Å²) in [5, 5.41) is 3.20. The third-order valence-corrected chi connectivity index (χ3v) is 3.50. The number of nitrogens with zero attached hydrogens (tertiary/aromatic N) is 1. The highest BCUT2D eigenvalue weighted by atomic mass is 16.7. The van der Waals surface area contributed by atoms with Gasteiger partial charge in [0.1, 0.15) is 0 Å². The Hall–Kier alpha value is -1.75. The first-order valence-corrected chi connectivity index (χ1v) is 6.96. The lowest BCUT2D eigenvalue weighted by atomic mass is 10.2. The quantitative estimate of drug-likeness (QED) is 0.861. The van der Waals surface area contributed by atoms with E-state index in [1.807, 2.05) is 25.2 Å². The zero-order chi connectivity index (χ0) is 14.5. The topological polar surface area (TPSA) is 50.8 Å². The molecule has 1 atom stereocenters. The van der Waals surface area contributed by atoms with Crippen LogP contribution in [0.25, 0.3) is 0 Å². The first kappa shape index (κ1) is 14.7. The van der Waals surface area contributed by atoms with Crippen LogP contribution in [0.3, 0.4) is 0 Å². The molecule has 1 aliphatic rings. The number of fused-ring (bicyclic) bond motifs is 1. The average Bonchev–Trinajstić information content (AvgIpc) is 2.91. The SMILES string of the molecule is CCC(C)NCC(=O)N(C)Cc1ccc2c(c1)OCO2. The maximum Gasteiger partial charge on any atom is 0.236 e. The Kier molecular flexibility index (Phi) is 4.84. The minimum atomic E-state index is 0.0861. The molecule has 2 rings (SSSR count).